The third-order valence-corrected chi connectivity index (χ3v) is 3.69. The molecule has 20 heavy (non-hydrogen) atoms. The highest BCUT2D eigenvalue weighted by Gasteiger charge is 2.29. The van der Waals surface area contributed by atoms with E-state index in [9.17, 15) is 10.1 Å². The predicted molar refractivity (Wildman–Crippen MR) is 75.0 cm³/mol. The average Bonchev–Trinajstić information content (AvgIpc) is 2.46. The van der Waals surface area contributed by atoms with Crippen LogP contribution in [0.25, 0.3) is 0 Å². The van der Waals surface area contributed by atoms with Gasteiger partial charge in [0.25, 0.3) is 0 Å². The fraction of sp³-hybridized carbons (Fsp3) is 0.462. The SMILES string of the molecule is CC[C@@H]1CN(C(=O)O)CCN1c1ccc(Cl)nc1C#N. The van der Waals surface area contributed by atoms with Crippen LogP contribution < -0.4 is 4.90 Å². The van der Waals surface area contributed by atoms with Crippen molar-refractivity contribution in [1.82, 2.24) is 9.88 Å². The topological polar surface area (TPSA) is 80.5 Å². The Hall–Kier alpha value is -2.00. The van der Waals surface area contributed by atoms with Crippen molar-refractivity contribution in [2.45, 2.75) is 19.4 Å². The minimum Gasteiger partial charge on any atom is -0.465 e. The summed E-state index contributed by atoms with van der Waals surface area (Å²) in [7, 11) is 0. The minimum absolute atomic E-state index is 0.0370. The second-order valence-corrected chi connectivity index (χ2v) is 4.98. The molecular weight excluding hydrogens is 280 g/mol. The van der Waals surface area contributed by atoms with Gasteiger partial charge in [-0.25, -0.2) is 9.78 Å². The van der Waals surface area contributed by atoms with Crippen LogP contribution in [0, 0.1) is 11.3 Å². The average molecular weight is 295 g/mol. The number of hydrogen-bond acceptors (Lipinski definition) is 4. The molecule has 6 nitrogen and oxygen atoms in total. The third-order valence-electron chi connectivity index (χ3n) is 3.48. The lowest BCUT2D eigenvalue weighted by Gasteiger charge is -2.41. The van der Waals surface area contributed by atoms with E-state index < -0.39 is 6.09 Å². The first-order chi connectivity index (χ1) is 9.56. The molecule has 1 aromatic rings. The van der Waals surface area contributed by atoms with E-state index in [0.29, 0.717) is 25.3 Å². The Kier molecular flexibility index (Phi) is 4.30. The summed E-state index contributed by atoms with van der Waals surface area (Å²) in [6.45, 7) is 3.39. The van der Waals surface area contributed by atoms with Crippen molar-refractivity contribution >= 4 is 23.4 Å². The van der Waals surface area contributed by atoms with Crippen LogP contribution in [0.2, 0.25) is 5.15 Å². The lowest BCUT2D eigenvalue weighted by Crippen LogP contribution is -2.54. The largest absolute Gasteiger partial charge is 0.465 e. The molecule has 1 saturated heterocycles. The smallest absolute Gasteiger partial charge is 0.407 e. The van der Waals surface area contributed by atoms with Crippen LogP contribution in [0.4, 0.5) is 10.5 Å². The van der Waals surface area contributed by atoms with Crippen LogP contribution in [0.5, 0.6) is 0 Å². The number of carbonyl (C=O) groups is 1. The number of rotatable bonds is 2. The van der Waals surface area contributed by atoms with E-state index in [1.54, 1.807) is 12.1 Å². The molecule has 7 heteroatoms. The van der Waals surface area contributed by atoms with Crippen molar-refractivity contribution in [3.05, 3.63) is 23.0 Å². The molecule has 1 aliphatic heterocycles. The number of nitriles is 1. The van der Waals surface area contributed by atoms with Crippen molar-refractivity contribution in [2.24, 2.45) is 0 Å². The van der Waals surface area contributed by atoms with Crippen LogP contribution in [0.3, 0.4) is 0 Å². The van der Waals surface area contributed by atoms with Gasteiger partial charge in [-0.15, -0.1) is 0 Å². The van der Waals surface area contributed by atoms with E-state index in [1.807, 2.05) is 17.9 Å². The summed E-state index contributed by atoms with van der Waals surface area (Å²) in [6.07, 6.45) is -0.116. The maximum atomic E-state index is 11.1. The Bertz CT molecular complexity index is 558. The molecule has 2 heterocycles. The van der Waals surface area contributed by atoms with Crippen LogP contribution in [0.1, 0.15) is 19.0 Å². The second-order valence-electron chi connectivity index (χ2n) is 4.60. The van der Waals surface area contributed by atoms with E-state index >= 15 is 0 Å². The Labute approximate surface area is 122 Å². The van der Waals surface area contributed by atoms with Gasteiger partial charge in [-0.1, -0.05) is 18.5 Å². The Morgan fingerprint density at radius 3 is 2.95 bits per heavy atom. The summed E-state index contributed by atoms with van der Waals surface area (Å²) >= 11 is 5.80. The van der Waals surface area contributed by atoms with E-state index in [0.717, 1.165) is 6.42 Å². The number of pyridine rings is 1. The highest BCUT2D eigenvalue weighted by Crippen LogP contribution is 2.26. The monoisotopic (exact) mass is 294 g/mol. The van der Waals surface area contributed by atoms with Crippen LogP contribution in [-0.2, 0) is 0 Å². The number of carboxylic acid groups (broad SMARTS) is 1. The molecule has 1 aliphatic rings. The number of amides is 1. The summed E-state index contributed by atoms with van der Waals surface area (Å²) < 4.78 is 0. The van der Waals surface area contributed by atoms with E-state index in [1.165, 1.54) is 4.90 Å². The molecule has 0 aliphatic carbocycles. The molecular formula is C13H15ClN4O2. The molecule has 0 unspecified atom stereocenters. The minimum atomic E-state index is -0.905. The van der Waals surface area contributed by atoms with Gasteiger partial charge in [-0.2, -0.15) is 5.26 Å². The molecule has 0 saturated carbocycles. The second kappa shape index (κ2) is 5.97. The molecule has 1 N–H and O–H groups in total. The third kappa shape index (κ3) is 2.78. The lowest BCUT2D eigenvalue weighted by atomic mass is 10.1. The molecule has 1 atom stereocenters. The van der Waals surface area contributed by atoms with Gasteiger partial charge in [0.2, 0.25) is 0 Å². The molecule has 106 valence electrons. The van der Waals surface area contributed by atoms with Crippen molar-refractivity contribution in [3.63, 3.8) is 0 Å². The molecule has 0 bridgehead atoms. The molecule has 0 spiro atoms. The number of piperazine rings is 1. The predicted octanol–water partition coefficient (Wildman–Crippen LogP) is 2.19. The quantitative estimate of drug-likeness (QED) is 0.846. The van der Waals surface area contributed by atoms with Gasteiger partial charge < -0.3 is 14.9 Å². The summed E-state index contributed by atoms with van der Waals surface area (Å²) in [5.74, 6) is 0. The molecule has 0 radical (unpaired) electrons. The fourth-order valence-electron chi connectivity index (χ4n) is 2.44. The fourth-order valence-corrected chi connectivity index (χ4v) is 2.59. The van der Waals surface area contributed by atoms with Crippen molar-refractivity contribution in [2.75, 3.05) is 24.5 Å². The maximum absolute atomic E-state index is 11.1. The van der Waals surface area contributed by atoms with Crippen LogP contribution in [-0.4, -0.2) is 46.8 Å². The zero-order valence-electron chi connectivity index (χ0n) is 11.1. The van der Waals surface area contributed by atoms with Gasteiger partial charge in [0.1, 0.15) is 11.2 Å². The van der Waals surface area contributed by atoms with Crippen molar-refractivity contribution < 1.29 is 9.90 Å². The number of hydrogen-bond donors (Lipinski definition) is 1. The maximum Gasteiger partial charge on any atom is 0.407 e. The van der Waals surface area contributed by atoms with Gasteiger partial charge in [-0.05, 0) is 18.6 Å². The van der Waals surface area contributed by atoms with Gasteiger partial charge in [0.15, 0.2) is 5.69 Å². The highest BCUT2D eigenvalue weighted by molar-refractivity contribution is 6.29. The number of halogens is 1. The standard InChI is InChI=1S/C13H15ClN4O2/c1-2-9-8-17(13(19)20)5-6-18(9)11-3-4-12(14)16-10(11)7-15/h3-4,9H,2,5-6,8H2,1H3,(H,19,20)/t9-/m1/s1. The summed E-state index contributed by atoms with van der Waals surface area (Å²) in [6, 6.07) is 5.50. The molecule has 2 rings (SSSR count). The van der Waals surface area contributed by atoms with Gasteiger partial charge in [0, 0.05) is 25.7 Å². The summed E-state index contributed by atoms with van der Waals surface area (Å²) in [5, 5.41) is 18.5. The number of anilines is 1. The zero-order valence-corrected chi connectivity index (χ0v) is 11.8. The summed E-state index contributed by atoms with van der Waals surface area (Å²) in [5.41, 5.74) is 0.994. The highest BCUT2D eigenvalue weighted by atomic mass is 35.5. The lowest BCUT2D eigenvalue weighted by molar-refractivity contribution is 0.134. The van der Waals surface area contributed by atoms with Crippen LogP contribution >= 0.6 is 11.6 Å². The summed E-state index contributed by atoms with van der Waals surface area (Å²) in [4.78, 5) is 18.5. The van der Waals surface area contributed by atoms with Crippen molar-refractivity contribution in [1.29, 1.82) is 5.26 Å². The molecule has 1 fully saturated rings. The molecule has 1 aromatic heterocycles. The van der Waals surface area contributed by atoms with Crippen molar-refractivity contribution in [3.8, 4) is 6.07 Å². The van der Waals surface area contributed by atoms with E-state index in [2.05, 4.69) is 4.98 Å². The van der Waals surface area contributed by atoms with Gasteiger partial charge >= 0.3 is 6.09 Å². The zero-order chi connectivity index (χ0) is 14.7. The van der Waals surface area contributed by atoms with Gasteiger partial charge in [0.05, 0.1) is 5.69 Å². The number of nitrogens with zero attached hydrogens (tertiary/aromatic N) is 4. The van der Waals surface area contributed by atoms with Crippen LogP contribution in [0.15, 0.2) is 12.1 Å². The first-order valence-electron chi connectivity index (χ1n) is 6.38. The van der Waals surface area contributed by atoms with Gasteiger partial charge in [-0.3, -0.25) is 0 Å². The van der Waals surface area contributed by atoms with E-state index in [4.69, 9.17) is 16.7 Å². The normalized spacial score (nSPS) is 18.8. The Balaban J connectivity index is 2.29. The Morgan fingerprint density at radius 1 is 1.60 bits per heavy atom. The first kappa shape index (κ1) is 14.4. The van der Waals surface area contributed by atoms with E-state index in [-0.39, 0.29) is 16.9 Å². The Morgan fingerprint density at radius 2 is 2.35 bits per heavy atom. The molecule has 1 amide bonds. The molecule has 0 aromatic carbocycles. The number of aromatic nitrogens is 1. The first-order valence-corrected chi connectivity index (χ1v) is 6.75.